The Kier molecular flexibility index (Phi) is 4.28. The van der Waals surface area contributed by atoms with E-state index < -0.39 is 6.10 Å². The summed E-state index contributed by atoms with van der Waals surface area (Å²) in [4.78, 5) is 4.70. The molecule has 4 rings (SSSR count). The van der Waals surface area contributed by atoms with E-state index in [9.17, 15) is 5.11 Å². The van der Waals surface area contributed by atoms with Gasteiger partial charge in [-0.2, -0.15) is 0 Å². The van der Waals surface area contributed by atoms with Crippen molar-refractivity contribution < 1.29 is 5.11 Å². The van der Waals surface area contributed by atoms with Crippen molar-refractivity contribution in [1.82, 2.24) is 4.98 Å². The van der Waals surface area contributed by atoms with Crippen LogP contribution in [0.25, 0.3) is 10.9 Å². The predicted octanol–water partition coefficient (Wildman–Crippen LogP) is 5.10. The van der Waals surface area contributed by atoms with Gasteiger partial charge in [0.15, 0.2) is 0 Å². The van der Waals surface area contributed by atoms with Crippen molar-refractivity contribution in [3.63, 3.8) is 0 Å². The number of aromatic nitrogens is 1. The van der Waals surface area contributed by atoms with Gasteiger partial charge in [-0.1, -0.05) is 84.9 Å². The number of aliphatic hydroxyl groups is 1. The van der Waals surface area contributed by atoms with Gasteiger partial charge in [-0.05, 0) is 23.3 Å². The quantitative estimate of drug-likeness (QED) is 0.566. The van der Waals surface area contributed by atoms with Crippen LogP contribution in [0.1, 0.15) is 28.8 Å². The molecule has 4 aromatic rings. The Morgan fingerprint density at radius 3 is 1.80 bits per heavy atom. The fraction of sp³-hybridized carbons (Fsp3) is 0.0870. The minimum absolute atomic E-state index is 0.156. The topological polar surface area (TPSA) is 33.1 Å². The van der Waals surface area contributed by atoms with Crippen LogP contribution in [0.3, 0.4) is 0 Å². The van der Waals surface area contributed by atoms with E-state index in [2.05, 4.69) is 24.3 Å². The van der Waals surface area contributed by atoms with Crippen LogP contribution >= 0.6 is 0 Å². The Morgan fingerprint density at radius 1 is 0.600 bits per heavy atom. The molecule has 0 aliphatic rings. The third-order valence-corrected chi connectivity index (χ3v) is 4.56. The molecule has 1 aromatic heterocycles. The molecule has 25 heavy (non-hydrogen) atoms. The molecular formula is C23H19NO. The highest BCUT2D eigenvalue weighted by molar-refractivity contribution is 5.78. The molecular weight excluding hydrogens is 306 g/mol. The Morgan fingerprint density at radius 2 is 1.16 bits per heavy atom. The molecule has 0 spiro atoms. The van der Waals surface area contributed by atoms with Gasteiger partial charge in [-0.25, -0.2) is 0 Å². The Balaban J connectivity index is 1.80. The number of pyridine rings is 1. The fourth-order valence-corrected chi connectivity index (χ4v) is 3.30. The zero-order valence-electron chi connectivity index (χ0n) is 13.8. The summed E-state index contributed by atoms with van der Waals surface area (Å²) in [6, 6.07) is 32.2. The smallest absolute Gasteiger partial charge is 0.107 e. The van der Waals surface area contributed by atoms with Gasteiger partial charge in [0.2, 0.25) is 0 Å². The van der Waals surface area contributed by atoms with Crippen LogP contribution in [0.2, 0.25) is 0 Å². The number of hydrogen-bond acceptors (Lipinski definition) is 2. The third kappa shape index (κ3) is 3.17. The first kappa shape index (κ1) is 15.6. The van der Waals surface area contributed by atoms with E-state index in [1.54, 1.807) is 0 Å². The van der Waals surface area contributed by atoms with E-state index in [-0.39, 0.29) is 5.92 Å². The minimum atomic E-state index is -0.714. The summed E-state index contributed by atoms with van der Waals surface area (Å²) in [7, 11) is 0. The molecule has 0 amide bonds. The summed E-state index contributed by atoms with van der Waals surface area (Å²) in [5, 5.41) is 12.3. The van der Waals surface area contributed by atoms with E-state index in [1.807, 2.05) is 72.8 Å². The monoisotopic (exact) mass is 325 g/mol. The largest absolute Gasteiger partial charge is 0.386 e. The van der Waals surface area contributed by atoms with E-state index in [1.165, 1.54) is 0 Å². The molecule has 0 fully saturated rings. The Hall–Kier alpha value is -2.97. The van der Waals surface area contributed by atoms with Crippen molar-refractivity contribution >= 4 is 10.9 Å². The summed E-state index contributed by atoms with van der Waals surface area (Å²) in [5.74, 6) is -0.156. The molecule has 2 nitrogen and oxygen atoms in total. The number of aliphatic hydroxyl groups excluding tert-OH is 1. The summed E-state index contributed by atoms with van der Waals surface area (Å²) in [6.45, 7) is 0. The molecule has 0 aliphatic carbocycles. The summed E-state index contributed by atoms with van der Waals surface area (Å²) < 4.78 is 0. The van der Waals surface area contributed by atoms with Gasteiger partial charge in [-0.15, -0.1) is 0 Å². The number of rotatable bonds is 4. The number of benzene rings is 3. The molecule has 0 radical (unpaired) electrons. The lowest BCUT2D eigenvalue weighted by Crippen LogP contribution is -2.14. The first-order chi connectivity index (χ1) is 12.3. The lowest BCUT2D eigenvalue weighted by molar-refractivity contribution is 0.155. The third-order valence-electron chi connectivity index (χ3n) is 4.56. The van der Waals surface area contributed by atoms with Gasteiger partial charge >= 0.3 is 0 Å². The average molecular weight is 325 g/mol. The molecule has 1 atom stereocenters. The molecule has 0 bridgehead atoms. The van der Waals surface area contributed by atoms with Gasteiger partial charge in [0.05, 0.1) is 11.2 Å². The molecule has 0 aliphatic heterocycles. The van der Waals surface area contributed by atoms with Gasteiger partial charge in [-0.3, -0.25) is 4.98 Å². The molecule has 1 unspecified atom stereocenters. The second-order valence-corrected chi connectivity index (χ2v) is 6.17. The number of fused-ring (bicyclic) bond motifs is 1. The highest BCUT2D eigenvalue weighted by Crippen LogP contribution is 2.36. The summed E-state index contributed by atoms with van der Waals surface area (Å²) in [6.07, 6.45) is -0.714. The highest BCUT2D eigenvalue weighted by Gasteiger charge is 2.25. The zero-order chi connectivity index (χ0) is 17.1. The lowest BCUT2D eigenvalue weighted by Gasteiger charge is -2.24. The van der Waals surface area contributed by atoms with Gasteiger partial charge in [0, 0.05) is 11.3 Å². The van der Waals surface area contributed by atoms with E-state index in [0.717, 1.165) is 22.0 Å². The SMILES string of the molecule is OC(c1ccc2ccccc2n1)C(c1ccccc1)c1ccccc1. The van der Waals surface area contributed by atoms with Crippen molar-refractivity contribution in [2.45, 2.75) is 12.0 Å². The number of para-hydroxylation sites is 1. The molecule has 0 saturated carbocycles. The molecule has 0 saturated heterocycles. The van der Waals surface area contributed by atoms with Crippen LogP contribution in [-0.4, -0.2) is 10.1 Å². The highest BCUT2D eigenvalue weighted by atomic mass is 16.3. The molecule has 1 heterocycles. The lowest BCUT2D eigenvalue weighted by atomic mass is 9.85. The predicted molar refractivity (Wildman–Crippen MR) is 101 cm³/mol. The first-order valence-electron chi connectivity index (χ1n) is 8.46. The van der Waals surface area contributed by atoms with Crippen molar-refractivity contribution in [2.75, 3.05) is 0 Å². The molecule has 122 valence electrons. The normalized spacial score (nSPS) is 12.4. The van der Waals surface area contributed by atoms with Crippen molar-refractivity contribution in [2.24, 2.45) is 0 Å². The average Bonchev–Trinajstić information content (AvgIpc) is 2.69. The van der Waals surface area contributed by atoms with Crippen molar-refractivity contribution in [3.8, 4) is 0 Å². The van der Waals surface area contributed by atoms with Crippen LogP contribution in [0.4, 0.5) is 0 Å². The maximum atomic E-state index is 11.2. The molecule has 3 aromatic carbocycles. The first-order valence-corrected chi connectivity index (χ1v) is 8.46. The second kappa shape index (κ2) is 6.88. The molecule has 1 N–H and O–H groups in total. The fourth-order valence-electron chi connectivity index (χ4n) is 3.30. The Labute approximate surface area is 147 Å². The summed E-state index contributed by atoms with van der Waals surface area (Å²) >= 11 is 0. The number of nitrogens with zero attached hydrogens (tertiary/aromatic N) is 1. The van der Waals surface area contributed by atoms with E-state index in [4.69, 9.17) is 4.98 Å². The van der Waals surface area contributed by atoms with E-state index >= 15 is 0 Å². The Bertz CT molecular complexity index is 927. The second-order valence-electron chi connectivity index (χ2n) is 6.17. The van der Waals surface area contributed by atoms with Crippen LogP contribution in [0, 0.1) is 0 Å². The van der Waals surface area contributed by atoms with Crippen LogP contribution in [0.15, 0.2) is 97.1 Å². The van der Waals surface area contributed by atoms with E-state index in [0.29, 0.717) is 5.69 Å². The van der Waals surface area contributed by atoms with Crippen LogP contribution < -0.4 is 0 Å². The number of hydrogen-bond donors (Lipinski definition) is 1. The van der Waals surface area contributed by atoms with Gasteiger partial charge < -0.3 is 5.11 Å². The van der Waals surface area contributed by atoms with Gasteiger partial charge in [0.1, 0.15) is 6.10 Å². The zero-order valence-corrected chi connectivity index (χ0v) is 13.8. The summed E-state index contributed by atoms with van der Waals surface area (Å²) in [5.41, 5.74) is 3.75. The minimum Gasteiger partial charge on any atom is -0.386 e. The van der Waals surface area contributed by atoms with Crippen molar-refractivity contribution in [3.05, 3.63) is 114 Å². The van der Waals surface area contributed by atoms with Crippen LogP contribution in [-0.2, 0) is 0 Å². The molecule has 2 heteroatoms. The van der Waals surface area contributed by atoms with Crippen LogP contribution in [0.5, 0.6) is 0 Å². The van der Waals surface area contributed by atoms with Crippen molar-refractivity contribution in [1.29, 1.82) is 0 Å². The maximum absolute atomic E-state index is 11.2. The maximum Gasteiger partial charge on any atom is 0.107 e. The standard InChI is InChI=1S/C23H19NO/c25-23(21-16-15-17-9-7-8-14-20(17)24-21)22(18-10-3-1-4-11-18)19-12-5-2-6-13-19/h1-16,22-23,25H. The van der Waals surface area contributed by atoms with Gasteiger partial charge in [0.25, 0.3) is 0 Å².